The molecule has 1 aromatic heterocycles. The smallest absolute Gasteiger partial charge is 0.201 e. The molecule has 1 N–H and O–H groups in total. The number of benzene rings is 3. The number of ketones is 1. The summed E-state index contributed by atoms with van der Waals surface area (Å²) in [5, 5.41) is 3.39. The van der Waals surface area contributed by atoms with Crippen molar-refractivity contribution in [3.63, 3.8) is 0 Å². The summed E-state index contributed by atoms with van der Waals surface area (Å²) >= 11 is 0. The molecular formula is C26H23NO3. The second kappa shape index (κ2) is 9.25. The quantitative estimate of drug-likeness (QED) is 0.369. The van der Waals surface area contributed by atoms with Crippen LogP contribution in [0.3, 0.4) is 0 Å². The first-order valence-electron chi connectivity index (χ1n) is 9.88. The number of nitrogens with one attached hydrogen (secondary N) is 1. The standard InChI is InChI=1S/C26H23NO3/c28-25(21-11-4-1-5-12-21)26(22-13-6-2-7-14-22,30-19-24-17-10-18-29-24)20-27-23-15-8-3-9-16-23/h1-18,27H,19-20H2/t26-/m1/s1. The predicted octanol–water partition coefficient (Wildman–Crippen LogP) is 5.69. The molecule has 0 fully saturated rings. The van der Waals surface area contributed by atoms with Gasteiger partial charge in [0.25, 0.3) is 0 Å². The molecule has 0 spiro atoms. The number of hydrogen-bond acceptors (Lipinski definition) is 4. The van der Waals surface area contributed by atoms with Crippen molar-refractivity contribution in [2.45, 2.75) is 12.2 Å². The fraction of sp³-hybridized carbons (Fsp3) is 0.115. The van der Waals surface area contributed by atoms with E-state index < -0.39 is 5.60 Å². The van der Waals surface area contributed by atoms with Gasteiger partial charge in [-0.05, 0) is 29.8 Å². The van der Waals surface area contributed by atoms with Crippen molar-refractivity contribution in [2.24, 2.45) is 0 Å². The van der Waals surface area contributed by atoms with E-state index in [1.54, 1.807) is 6.26 Å². The van der Waals surface area contributed by atoms with E-state index in [2.05, 4.69) is 5.32 Å². The zero-order chi connectivity index (χ0) is 20.7. The van der Waals surface area contributed by atoms with Gasteiger partial charge >= 0.3 is 0 Å². The van der Waals surface area contributed by atoms with E-state index in [1.165, 1.54) is 0 Å². The van der Waals surface area contributed by atoms with Crippen LogP contribution in [0, 0.1) is 0 Å². The van der Waals surface area contributed by atoms with Crippen LogP contribution in [0.15, 0.2) is 114 Å². The number of para-hydroxylation sites is 1. The van der Waals surface area contributed by atoms with Crippen molar-refractivity contribution < 1.29 is 13.9 Å². The Balaban J connectivity index is 1.75. The molecule has 0 saturated heterocycles. The molecule has 0 bridgehead atoms. The third kappa shape index (κ3) is 4.34. The second-order valence-electron chi connectivity index (χ2n) is 6.98. The first-order chi connectivity index (χ1) is 14.8. The Kier molecular flexibility index (Phi) is 6.06. The average molecular weight is 397 g/mol. The van der Waals surface area contributed by atoms with E-state index in [0.29, 0.717) is 11.3 Å². The fourth-order valence-corrected chi connectivity index (χ4v) is 3.41. The SMILES string of the molecule is O=C(c1ccccc1)[C@](CNc1ccccc1)(OCc1ccco1)c1ccccc1. The molecule has 0 aliphatic carbocycles. The zero-order valence-corrected chi connectivity index (χ0v) is 16.5. The lowest BCUT2D eigenvalue weighted by molar-refractivity contribution is -0.0368. The molecule has 1 heterocycles. The molecule has 4 rings (SSSR count). The van der Waals surface area contributed by atoms with Gasteiger partial charge in [-0.25, -0.2) is 0 Å². The maximum Gasteiger partial charge on any atom is 0.201 e. The Morgan fingerprint density at radius 1 is 0.800 bits per heavy atom. The molecule has 30 heavy (non-hydrogen) atoms. The van der Waals surface area contributed by atoms with Gasteiger partial charge in [-0.2, -0.15) is 0 Å². The second-order valence-corrected chi connectivity index (χ2v) is 6.98. The number of carbonyl (C=O) groups is 1. The van der Waals surface area contributed by atoms with E-state index in [0.717, 1.165) is 11.3 Å². The summed E-state index contributed by atoms with van der Waals surface area (Å²) in [5.41, 5.74) is 1.07. The molecule has 150 valence electrons. The van der Waals surface area contributed by atoms with Crippen LogP contribution in [0.1, 0.15) is 21.7 Å². The minimum Gasteiger partial charge on any atom is -0.467 e. The lowest BCUT2D eigenvalue weighted by atomic mass is 9.85. The van der Waals surface area contributed by atoms with Crippen LogP contribution in [-0.4, -0.2) is 12.3 Å². The van der Waals surface area contributed by atoms with Gasteiger partial charge in [0.1, 0.15) is 12.4 Å². The maximum absolute atomic E-state index is 13.9. The van der Waals surface area contributed by atoms with E-state index in [4.69, 9.17) is 9.15 Å². The normalized spacial score (nSPS) is 12.8. The van der Waals surface area contributed by atoms with Crippen molar-refractivity contribution in [1.29, 1.82) is 0 Å². The van der Waals surface area contributed by atoms with Crippen LogP contribution in [0.25, 0.3) is 0 Å². The Labute approximate surface area is 176 Å². The van der Waals surface area contributed by atoms with E-state index in [9.17, 15) is 4.79 Å². The van der Waals surface area contributed by atoms with E-state index >= 15 is 0 Å². The molecule has 0 radical (unpaired) electrons. The molecule has 0 aliphatic rings. The van der Waals surface area contributed by atoms with Crippen molar-refractivity contribution in [2.75, 3.05) is 11.9 Å². The molecule has 0 saturated carbocycles. The molecule has 0 amide bonds. The summed E-state index contributed by atoms with van der Waals surface area (Å²) in [6.07, 6.45) is 1.60. The third-order valence-electron chi connectivity index (χ3n) is 5.00. The van der Waals surface area contributed by atoms with Crippen LogP contribution >= 0.6 is 0 Å². The number of hydrogen-bond donors (Lipinski definition) is 1. The molecule has 4 aromatic rings. The van der Waals surface area contributed by atoms with Gasteiger partial charge in [0.15, 0.2) is 5.60 Å². The van der Waals surface area contributed by atoms with Gasteiger partial charge in [0.2, 0.25) is 5.78 Å². The Morgan fingerprint density at radius 3 is 2.07 bits per heavy atom. The summed E-state index contributed by atoms with van der Waals surface area (Å²) in [6.45, 7) is 0.451. The molecule has 4 heteroatoms. The summed E-state index contributed by atoms with van der Waals surface area (Å²) in [4.78, 5) is 13.9. The monoisotopic (exact) mass is 397 g/mol. The number of ether oxygens (including phenoxy) is 1. The van der Waals surface area contributed by atoms with Crippen molar-refractivity contribution in [3.8, 4) is 0 Å². The Bertz CT molecular complexity index is 1050. The first kappa shape index (κ1) is 19.7. The highest BCUT2D eigenvalue weighted by Gasteiger charge is 2.42. The number of furan rings is 1. The van der Waals surface area contributed by atoms with Crippen LogP contribution in [0.5, 0.6) is 0 Å². The van der Waals surface area contributed by atoms with Crippen molar-refractivity contribution >= 4 is 11.5 Å². The van der Waals surface area contributed by atoms with Gasteiger partial charge in [-0.15, -0.1) is 0 Å². The number of carbonyl (C=O) groups excluding carboxylic acids is 1. The van der Waals surface area contributed by atoms with Gasteiger partial charge < -0.3 is 14.5 Å². The Morgan fingerprint density at radius 2 is 1.43 bits per heavy atom. The lowest BCUT2D eigenvalue weighted by Crippen LogP contribution is -2.45. The summed E-state index contributed by atoms with van der Waals surface area (Å²) in [5.74, 6) is 0.556. The highest BCUT2D eigenvalue weighted by Crippen LogP contribution is 2.32. The average Bonchev–Trinajstić information content (AvgIpc) is 3.35. The predicted molar refractivity (Wildman–Crippen MR) is 117 cm³/mol. The molecular weight excluding hydrogens is 374 g/mol. The van der Waals surface area contributed by atoms with Crippen LogP contribution in [0.2, 0.25) is 0 Å². The van der Waals surface area contributed by atoms with E-state index in [-0.39, 0.29) is 18.9 Å². The maximum atomic E-state index is 13.9. The van der Waals surface area contributed by atoms with Gasteiger partial charge in [0.05, 0.1) is 12.8 Å². The third-order valence-corrected chi connectivity index (χ3v) is 5.00. The number of Topliss-reactive ketones (excluding diaryl/α,β-unsaturated/α-hetero) is 1. The first-order valence-corrected chi connectivity index (χ1v) is 9.88. The van der Waals surface area contributed by atoms with Gasteiger partial charge in [-0.3, -0.25) is 4.79 Å². The number of anilines is 1. The highest BCUT2D eigenvalue weighted by molar-refractivity contribution is 6.03. The molecule has 3 aromatic carbocycles. The van der Waals surface area contributed by atoms with Gasteiger partial charge in [0, 0.05) is 11.3 Å². The van der Waals surface area contributed by atoms with Crippen molar-refractivity contribution in [1.82, 2.24) is 0 Å². The highest BCUT2D eigenvalue weighted by atomic mass is 16.5. The number of rotatable bonds is 9. The largest absolute Gasteiger partial charge is 0.467 e. The zero-order valence-electron chi connectivity index (χ0n) is 16.5. The molecule has 0 unspecified atom stereocenters. The fourth-order valence-electron chi connectivity index (χ4n) is 3.41. The van der Waals surface area contributed by atoms with Crippen LogP contribution in [0.4, 0.5) is 5.69 Å². The molecule has 1 atom stereocenters. The van der Waals surface area contributed by atoms with Crippen LogP contribution in [-0.2, 0) is 16.9 Å². The summed E-state index contributed by atoms with van der Waals surface area (Å²) in [7, 11) is 0. The van der Waals surface area contributed by atoms with Crippen LogP contribution < -0.4 is 5.32 Å². The summed E-state index contributed by atoms with van der Waals surface area (Å²) < 4.78 is 11.8. The minimum atomic E-state index is -1.23. The minimum absolute atomic E-state index is 0.107. The summed E-state index contributed by atoms with van der Waals surface area (Å²) in [6, 6.07) is 32.3. The topological polar surface area (TPSA) is 51.5 Å². The molecule has 0 aliphatic heterocycles. The van der Waals surface area contributed by atoms with Crippen molar-refractivity contribution in [3.05, 3.63) is 126 Å². The Hall–Kier alpha value is -3.63. The van der Waals surface area contributed by atoms with Gasteiger partial charge in [-0.1, -0.05) is 78.9 Å². The molecule has 4 nitrogen and oxygen atoms in total. The lowest BCUT2D eigenvalue weighted by Gasteiger charge is -2.33. The van der Waals surface area contributed by atoms with E-state index in [1.807, 2.05) is 103 Å².